The van der Waals surface area contributed by atoms with Crippen LogP contribution in [0.1, 0.15) is 5.56 Å². The minimum Gasteiger partial charge on any atom is -0.294 e. The number of rotatable bonds is 0. The van der Waals surface area contributed by atoms with Crippen LogP contribution in [0.15, 0.2) is 47.4 Å². The molecular formula is C18H10N2O2. The first-order valence-corrected chi connectivity index (χ1v) is 7.12. The summed E-state index contributed by atoms with van der Waals surface area (Å²) in [6.45, 7) is 0. The maximum atomic E-state index is 12.6. The number of carbonyl (C=O) groups is 1. The van der Waals surface area contributed by atoms with Crippen molar-refractivity contribution in [3.8, 4) is 0 Å². The molecule has 5 rings (SSSR count). The van der Waals surface area contributed by atoms with E-state index in [1.807, 2.05) is 42.6 Å². The highest BCUT2D eigenvalue weighted by atomic mass is 16.1. The normalized spacial score (nSPS) is 13.9. The summed E-state index contributed by atoms with van der Waals surface area (Å²) in [4.78, 5) is 28.8. The van der Waals surface area contributed by atoms with Crippen LogP contribution in [0.5, 0.6) is 0 Å². The summed E-state index contributed by atoms with van der Waals surface area (Å²) in [5, 5.41) is 2.50. The Morgan fingerprint density at radius 1 is 1.05 bits per heavy atom. The van der Waals surface area contributed by atoms with Gasteiger partial charge in [0.1, 0.15) is 0 Å². The van der Waals surface area contributed by atoms with Crippen LogP contribution in [-0.2, 0) is 11.2 Å². The molecular weight excluding hydrogens is 276 g/mol. The van der Waals surface area contributed by atoms with E-state index in [-0.39, 0.29) is 11.3 Å². The second kappa shape index (κ2) is 3.80. The van der Waals surface area contributed by atoms with Crippen LogP contribution in [0, 0.1) is 0 Å². The van der Waals surface area contributed by atoms with Crippen molar-refractivity contribution in [1.29, 1.82) is 0 Å². The standard InChI is InChI=1S/C18H10N2O2/c21-13-6-11-7-16-17-12(9-20(16)18(22)14(11)8-13)5-10-3-1-2-4-15(10)19-17/h1-5,7-9H,6H2. The summed E-state index contributed by atoms with van der Waals surface area (Å²) >= 11 is 0. The van der Waals surface area contributed by atoms with E-state index >= 15 is 0 Å². The average Bonchev–Trinajstić information content (AvgIpc) is 3.06. The molecule has 0 N–H and O–H groups in total. The molecule has 0 bridgehead atoms. The van der Waals surface area contributed by atoms with Gasteiger partial charge in [-0.25, -0.2) is 4.98 Å². The van der Waals surface area contributed by atoms with Gasteiger partial charge >= 0.3 is 0 Å². The van der Waals surface area contributed by atoms with Gasteiger partial charge in [0.05, 0.1) is 16.6 Å². The quantitative estimate of drug-likeness (QED) is 0.493. The summed E-state index contributed by atoms with van der Waals surface area (Å²) in [7, 11) is 0. The van der Waals surface area contributed by atoms with Crippen molar-refractivity contribution in [2.45, 2.75) is 6.42 Å². The van der Waals surface area contributed by atoms with Crippen LogP contribution in [0.3, 0.4) is 0 Å². The molecule has 0 amide bonds. The van der Waals surface area contributed by atoms with E-state index in [0.717, 1.165) is 32.9 Å². The number of hydrogen-bond acceptors (Lipinski definition) is 3. The number of aromatic nitrogens is 2. The third-order valence-corrected chi connectivity index (χ3v) is 4.30. The van der Waals surface area contributed by atoms with Crippen molar-refractivity contribution >= 4 is 39.2 Å². The summed E-state index contributed by atoms with van der Waals surface area (Å²) in [5.41, 5.74) is 3.14. The minimum absolute atomic E-state index is 0.0110. The number of ketones is 1. The highest BCUT2D eigenvalue weighted by Gasteiger charge is 2.17. The Bertz CT molecular complexity index is 1240. The molecule has 22 heavy (non-hydrogen) atoms. The summed E-state index contributed by atoms with van der Waals surface area (Å²) in [6, 6.07) is 11.9. The lowest BCUT2D eigenvalue weighted by Gasteiger charge is -1.99. The first kappa shape index (κ1) is 11.6. The number of Topliss-reactive ketones (excluding diaryl/α,β-unsaturated/α-hetero) is 1. The van der Waals surface area contributed by atoms with E-state index < -0.39 is 0 Å². The lowest BCUT2D eigenvalue weighted by atomic mass is 10.1. The highest BCUT2D eigenvalue weighted by molar-refractivity contribution is 6.10. The van der Waals surface area contributed by atoms with Crippen LogP contribution in [-0.4, -0.2) is 15.2 Å². The molecule has 0 unspecified atom stereocenters. The second-order valence-electron chi connectivity index (χ2n) is 5.68. The van der Waals surface area contributed by atoms with E-state index in [2.05, 4.69) is 0 Å². The molecule has 104 valence electrons. The first-order valence-electron chi connectivity index (χ1n) is 7.12. The van der Waals surface area contributed by atoms with Gasteiger partial charge in [0.25, 0.3) is 5.56 Å². The first-order chi connectivity index (χ1) is 10.7. The Hall–Kier alpha value is -3.01. The SMILES string of the molecule is O=C1C=c2c(cc3c4nc5ccccc5cc4cn3c2=O)C1. The number of hydrogen-bond donors (Lipinski definition) is 0. The van der Waals surface area contributed by atoms with Crippen molar-refractivity contribution in [2.24, 2.45) is 0 Å². The molecule has 3 heterocycles. The van der Waals surface area contributed by atoms with E-state index in [4.69, 9.17) is 4.98 Å². The third-order valence-electron chi connectivity index (χ3n) is 4.30. The molecule has 0 fully saturated rings. The highest BCUT2D eigenvalue weighted by Crippen LogP contribution is 2.24. The molecule has 0 radical (unpaired) electrons. The average molecular weight is 286 g/mol. The number of benzene rings is 1. The molecule has 0 spiro atoms. The van der Waals surface area contributed by atoms with Crippen molar-refractivity contribution in [1.82, 2.24) is 9.38 Å². The van der Waals surface area contributed by atoms with Crippen molar-refractivity contribution in [3.05, 3.63) is 63.7 Å². The van der Waals surface area contributed by atoms with Gasteiger partial charge in [-0.1, -0.05) is 18.2 Å². The van der Waals surface area contributed by atoms with Crippen LogP contribution >= 0.6 is 0 Å². The zero-order valence-electron chi connectivity index (χ0n) is 11.5. The van der Waals surface area contributed by atoms with Gasteiger partial charge in [0.2, 0.25) is 0 Å². The Morgan fingerprint density at radius 2 is 1.91 bits per heavy atom. The summed E-state index contributed by atoms with van der Waals surface area (Å²) in [5.74, 6) is -0.0110. The maximum Gasteiger partial charge on any atom is 0.262 e. The van der Waals surface area contributed by atoms with Crippen LogP contribution in [0.25, 0.3) is 33.4 Å². The molecule has 4 heteroatoms. The zero-order valence-corrected chi connectivity index (χ0v) is 11.5. The zero-order chi connectivity index (χ0) is 14.8. The molecule has 0 saturated carbocycles. The Morgan fingerprint density at radius 3 is 2.82 bits per heavy atom. The Labute approximate surface area is 124 Å². The van der Waals surface area contributed by atoms with Crippen molar-refractivity contribution < 1.29 is 4.79 Å². The van der Waals surface area contributed by atoms with Gasteiger partial charge in [-0.15, -0.1) is 0 Å². The molecule has 4 nitrogen and oxygen atoms in total. The maximum absolute atomic E-state index is 12.6. The lowest BCUT2D eigenvalue weighted by Crippen LogP contribution is -2.31. The van der Waals surface area contributed by atoms with Crippen LogP contribution in [0.2, 0.25) is 0 Å². The number of pyridine rings is 2. The number of fused-ring (bicyclic) bond motifs is 5. The fraction of sp³-hybridized carbons (Fsp3) is 0.0556. The molecule has 0 atom stereocenters. The predicted octanol–water partition coefficient (Wildman–Crippen LogP) is 1.63. The van der Waals surface area contributed by atoms with E-state index in [1.54, 1.807) is 4.40 Å². The van der Waals surface area contributed by atoms with Gasteiger partial charge in [0.15, 0.2) is 5.78 Å². The molecule has 1 aliphatic carbocycles. The Balaban J connectivity index is 2.02. The topological polar surface area (TPSA) is 51.4 Å². The fourth-order valence-electron chi connectivity index (χ4n) is 3.27. The second-order valence-corrected chi connectivity index (χ2v) is 5.68. The predicted molar refractivity (Wildman–Crippen MR) is 84.9 cm³/mol. The molecule has 4 aromatic rings. The van der Waals surface area contributed by atoms with Gasteiger partial charge in [0, 0.05) is 28.6 Å². The van der Waals surface area contributed by atoms with Gasteiger partial charge in [-0.3, -0.25) is 14.0 Å². The molecule has 0 aliphatic heterocycles. The minimum atomic E-state index is -0.139. The largest absolute Gasteiger partial charge is 0.294 e. The molecule has 3 aromatic heterocycles. The molecule has 0 saturated heterocycles. The Kier molecular flexibility index (Phi) is 2.01. The van der Waals surface area contributed by atoms with Crippen LogP contribution < -0.4 is 10.8 Å². The van der Waals surface area contributed by atoms with Crippen molar-refractivity contribution in [3.63, 3.8) is 0 Å². The van der Waals surface area contributed by atoms with Gasteiger partial charge in [-0.05, 0) is 29.8 Å². The summed E-state index contributed by atoms with van der Waals surface area (Å²) in [6.07, 6.45) is 3.57. The molecule has 1 aliphatic rings. The van der Waals surface area contributed by atoms with Crippen LogP contribution in [0.4, 0.5) is 0 Å². The number of carbonyl (C=O) groups excluding carboxylic acids is 1. The molecule has 1 aromatic carbocycles. The third kappa shape index (κ3) is 1.39. The van der Waals surface area contributed by atoms with E-state index in [9.17, 15) is 9.59 Å². The summed E-state index contributed by atoms with van der Waals surface area (Å²) < 4.78 is 1.60. The van der Waals surface area contributed by atoms with Crippen molar-refractivity contribution in [2.75, 3.05) is 0 Å². The van der Waals surface area contributed by atoms with Gasteiger partial charge < -0.3 is 0 Å². The smallest absolute Gasteiger partial charge is 0.262 e. The number of nitrogens with zero attached hydrogens (tertiary/aromatic N) is 2. The monoisotopic (exact) mass is 286 g/mol. The number of para-hydroxylation sites is 1. The van der Waals surface area contributed by atoms with E-state index in [1.165, 1.54) is 6.08 Å². The van der Waals surface area contributed by atoms with E-state index in [0.29, 0.717) is 11.6 Å². The van der Waals surface area contributed by atoms with Gasteiger partial charge in [-0.2, -0.15) is 0 Å². The lowest BCUT2D eigenvalue weighted by molar-refractivity contribution is -0.112. The fourth-order valence-corrected chi connectivity index (χ4v) is 3.27.